The summed E-state index contributed by atoms with van der Waals surface area (Å²) in [6, 6.07) is 7.63. The Labute approximate surface area is 112 Å². The minimum absolute atomic E-state index is 0.259. The molecule has 1 aromatic carbocycles. The van der Waals surface area contributed by atoms with Crippen molar-refractivity contribution in [2.24, 2.45) is 0 Å². The van der Waals surface area contributed by atoms with E-state index in [1.54, 1.807) is 18.5 Å². The van der Waals surface area contributed by atoms with Gasteiger partial charge in [0.2, 0.25) is 0 Å². The summed E-state index contributed by atoms with van der Waals surface area (Å²) in [6.45, 7) is 0.385. The topological polar surface area (TPSA) is 42.0 Å². The highest BCUT2D eigenvalue weighted by molar-refractivity contribution is 9.10. The fraction of sp³-hybridized carbons (Fsp3) is 0.0769. The minimum Gasteiger partial charge on any atom is -0.348 e. The Bertz CT molecular complexity index is 560. The van der Waals surface area contributed by atoms with Crippen LogP contribution in [0.15, 0.2) is 47.2 Å². The number of aromatic nitrogens is 1. The van der Waals surface area contributed by atoms with Gasteiger partial charge in [-0.2, -0.15) is 0 Å². The van der Waals surface area contributed by atoms with Crippen LogP contribution in [0.5, 0.6) is 0 Å². The van der Waals surface area contributed by atoms with Gasteiger partial charge < -0.3 is 5.32 Å². The summed E-state index contributed by atoms with van der Waals surface area (Å²) in [7, 11) is 0. The first kappa shape index (κ1) is 12.7. The molecule has 0 unspecified atom stereocenters. The van der Waals surface area contributed by atoms with E-state index in [0.717, 1.165) is 5.56 Å². The summed E-state index contributed by atoms with van der Waals surface area (Å²) in [5.41, 5.74) is 1.31. The largest absolute Gasteiger partial charge is 0.348 e. The molecule has 1 aromatic heterocycles. The summed E-state index contributed by atoms with van der Waals surface area (Å²) < 4.78 is 13.3. The molecule has 0 saturated carbocycles. The van der Waals surface area contributed by atoms with Gasteiger partial charge in [-0.15, -0.1) is 0 Å². The summed E-state index contributed by atoms with van der Waals surface area (Å²) in [5, 5.41) is 2.74. The van der Waals surface area contributed by atoms with Gasteiger partial charge in [0.15, 0.2) is 0 Å². The second-order valence-electron chi connectivity index (χ2n) is 3.67. The molecule has 3 nitrogen and oxygen atoms in total. The number of hydrogen-bond acceptors (Lipinski definition) is 2. The molecule has 0 aliphatic heterocycles. The zero-order valence-corrected chi connectivity index (χ0v) is 10.9. The van der Waals surface area contributed by atoms with Crippen LogP contribution >= 0.6 is 15.9 Å². The van der Waals surface area contributed by atoms with Gasteiger partial charge in [0.1, 0.15) is 5.82 Å². The number of halogens is 2. The maximum atomic E-state index is 12.9. The van der Waals surface area contributed by atoms with E-state index in [1.807, 2.05) is 6.07 Å². The lowest BCUT2D eigenvalue weighted by Gasteiger charge is -2.06. The van der Waals surface area contributed by atoms with Crippen LogP contribution in [0.4, 0.5) is 4.39 Å². The Morgan fingerprint density at radius 2 is 2.22 bits per heavy atom. The maximum absolute atomic E-state index is 12.9. The van der Waals surface area contributed by atoms with Crippen molar-refractivity contribution in [3.63, 3.8) is 0 Å². The van der Waals surface area contributed by atoms with E-state index < -0.39 is 0 Å². The van der Waals surface area contributed by atoms with Gasteiger partial charge in [-0.05, 0) is 45.8 Å². The Hall–Kier alpha value is -1.75. The highest BCUT2D eigenvalue weighted by Crippen LogP contribution is 2.17. The number of nitrogens with zero attached hydrogens (tertiary/aromatic N) is 1. The number of nitrogens with one attached hydrogen (secondary N) is 1. The van der Waals surface area contributed by atoms with Crippen molar-refractivity contribution < 1.29 is 9.18 Å². The van der Waals surface area contributed by atoms with E-state index in [2.05, 4.69) is 26.2 Å². The summed E-state index contributed by atoms with van der Waals surface area (Å²) in [5.74, 6) is -0.642. The number of carbonyl (C=O) groups excluding carboxylic acids is 1. The Morgan fingerprint density at radius 3 is 2.89 bits per heavy atom. The molecule has 0 fully saturated rings. The molecule has 1 N–H and O–H groups in total. The van der Waals surface area contributed by atoms with Crippen molar-refractivity contribution in [2.75, 3.05) is 0 Å². The number of benzene rings is 1. The van der Waals surface area contributed by atoms with Crippen LogP contribution in [-0.2, 0) is 6.54 Å². The molecule has 0 spiro atoms. The van der Waals surface area contributed by atoms with Crippen LogP contribution in [0.25, 0.3) is 0 Å². The van der Waals surface area contributed by atoms with Gasteiger partial charge in [0, 0.05) is 23.4 Å². The van der Waals surface area contributed by atoms with Crippen molar-refractivity contribution in [3.05, 3.63) is 64.1 Å². The van der Waals surface area contributed by atoms with Gasteiger partial charge in [-0.1, -0.05) is 6.07 Å². The molecule has 0 aliphatic rings. The Morgan fingerprint density at radius 1 is 1.39 bits per heavy atom. The fourth-order valence-electron chi connectivity index (χ4n) is 1.45. The van der Waals surface area contributed by atoms with Crippen LogP contribution in [0.1, 0.15) is 15.9 Å². The molecule has 1 amide bonds. The smallest absolute Gasteiger partial charge is 0.252 e. The van der Waals surface area contributed by atoms with E-state index in [1.165, 1.54) is 18.2 Å². The molecule has 18 heavy (non-hydrogen) atoms. The molecule has 0 aliphatic carbocycles. The third-order valence-corrected chi connectivity index (χ3v) is 3.01. The lowest BCUT2D eigenvalue weighted by Crippen LogP contribution is -2.23. The first-order valence-electron chi connectivity index (χ1n) is 5.29. The van der Waals surface area contributed by atoms with Crippen LogP contribution in [0.2, 0.25) is 0 Å². The van der Waals surface area contributed by atoms with Gasteiger partial charge >= 0.3 is 0 Å². The Kier molecular flexibility index (Phi) is 4.04. The van der Waals surface area contributed by atoms with Crippen molar-refractivity contribution in [2.45, 2.75) is 6.54 Å². The fourth-order valence-corrected chi connectivity index (χ4v) is 1.98. The molecule has 0 bridgehead atoms. The molecule has 2 rings (SSSR count). The van der Waals surface area contributed by atoms with Gasteiger partial charge in [0.25, 0.3) is 5.91 Å². The molecule has 5 heteroatoms. The molecule has 0 radical (unpaired) electrons. The number of rotatable bonds is 3. The van der Waals surface area contributed by atoms with Crippen molar-refractivity contribution in [1.82, 2.24) is 10.3 Å². The standard InChI is InChI=1S/C13H10BrFN2O/c14-12-6-10(15)3-4-11(12)13(18)17-8-9-2-1-5-16-7-9/h1-7H,8H2,(H,17,18). The van der Waals surface area contributed by atoms with Crippen molar-refractivity contribution in [1.29, 1.82) is 0 Å². The number of pyridine rings is 1. The monoisotopic (exact) mass is 308 g/mol. The predicted molar refractivity (Wildman–Crippen MR) is 69.5 cm³/mol. The number of amides is 1. The quantitative estimate of drug-likeness (QED) is 0.947. The second-order valence-corrected chi connectivity index (χ2v) is 4.52. The number of hydrogen-bond donors (Lipinski definition) is 1. The van der Waals surface area contributed by atoms with Crippen LogP contribution in [-0.4, -0.2) is 10.9 Å². The first-order valence-corrected chi connectivity index (χ1v) is 6.08. The summed E-state index contributed by atoms with van der Waals surface area (Å²) in [6.07, 6.45) is 3.35. The second kappa shape index (κ2) is 5.73. The zero-order chi connectivity index (χ0) is 13.0. The van der Waals surface area contributed by atoms with Crippen molar-refractivity contribution in [3.8, 4) is 0 Å². The van der Waals surface area contributed by atoms with E-state index in [4.69, 9.17) is 0 Å². The molecule has 92 valence electrons. The minimum atomic E-state index is -0.384. The zero-order valence-electron chi connectivity index (χ0n) is 9.36. The third-order valence-electron chi connectivity index (χ3n) is 2.35. The average Bonchev–Trinajstić information content (AvgIpc) is 2.37. The highest BCUT2D eigenvalue weighted by atomic mass is 79.9. The third kappa shape index (κ3) is 3.13. The summed E-state index contributed by atoms with van der Waals surface area (Å²) in [4.78, 5) is 15.8. The van der Waals surface area contributed by atoms with Gasteiger partial charge in [-0.3, -0.25) is 9.78 Å². The molecular weight excluding hydrogens is 299 g/mol. The Balaban J connectivity index is 2.04. The van der Waals surface area contributed by atoms with Crippen molar-refractivity contribution >= 4 is 21.8 Å². The van der Waals surface area contributed by atoms with Crippen LogP contribution < -0.4 is 5.32 Å². The van der Waals surface area contributed by atoms with Crippen LogP contribution in [0.3, 0.4) is 0 Å². The van der Waals surface area contributed by atoms with E-state index in [9.17, 15) is 9.18 Å². The van der Waals surface area contributed by atoms with Crippen LogP contribution in [0, 0.1) is 5.82 Å². The highest BCUT2D eigenvalue weighted by Gasteiger charge is 2.10. The first-order chi connectivity index (χ1) is 8.66. The predicted octanol–water partition coefficient (Wildman–Crippen LogP) is 2.91. The molecule has 2 aromatic rings. The molecule has 0 saturated heterocycles. The maximum Gasteiger partial charge on any atom is 0.252 e. The van der Waals surface area contributed by atoms with E-state index in [-0.39, 0.29) is 11.7 Å². The molecular formula is C13H10BrFN2O. The van der Waals surface area contributed by atoms with E-state index in [0.29, 0.717) is 16.6 Å². The molecule has 1 heterocycles. The SMILES string of the molecule is O=C(NCc1cccnc1)c1ccc(F)cc1Br. The lowest BCUT2D eigenvalue weighted by molar-refractivity contribution is 0.0950. The molecule has 0 atom stereocenters. The normalized spacial score (nSPS) is 10.1. The van der Waals surface area contributed by atoms with Gasteiger partial charge in [0.05, 0.1) is 5.56 Å². The average molecular weight is 309 g/mol. The van der Waals surface area contributed by atoms with E-state index >= 15 is 0 Å². The summed E-state index contributed by atoms with van der Waals surface area (Å²) >= 11 is 3.16. The van der Waals surface area contributed by atoms with Gasteiger partial charge in [-0.25, -0.2) is 4.39 Å². The lowest BCUT2D eigenvalue weighted by atomic mass is 10.2. The number of carbonyl (C=O) groups is 1.